The lowest BCUT2D eigenvalue weighted by molar-refractivity contribution is 0.540. The maximum Gasteiger partial charge on any atom is 0.163 e. The lowest BCUT2D eigenvalue weighted by Gasteiger charge is -2.18. The highest BCUT2D eigenvalue weighted by atomic mass is 14.1. The van der Waals surface area contributed by atoms with Crippen molar-refractivity contribution in [3.63, 3.8) is 0 Å². The Balaban J connectivity index is 4.38. The topological polar surface area (TPSA) is 0 Å². The van der Waals surface area contributed by atoms with Gasteiger partial charge in [0.05, 0.1) is 0 Å². The third-order valence-electron chi connectivity index (χ3n) is 2.37. The van der Waals surface area contributed by atoms with Crippen LogP contribution in [-0.2, 0) is 0 Å². The van der Waals surface area contributed by atoms with E-state index in [2.05, 4.69) is 54.1 Å². The molecular formula is C12H26B2. The van der Waals surface area contributed by atoms with E-state index < -0.39 is 0 Å². The Bertz CT molecular complexity index is 185. The third kappa shape index (κ3) is 7.29. The zero-order valence-electron chi connectivity index (χ0n) is 11.1. The molecule has 0 rings (SSSR count). The fourth-order valence-electron chi connectivity index (χ4n) is 1.54. The van der Waals surface area contributed by atoms with E-state index in [1.807, 2.05) is 0 Å². The van der Waals surface area contributed by atoms with Crippen LogP contribution in [0.3, 0.4) is 0 Å². The molecule has 14 heavy (non-hydrogen) atoms. The van der Waals surface area contributed by atoms with Gasteiger partial charge in [-0.05, 0) is 11.8 Å². The SMILES string of the molecule is CB(C)CC/C(=C\C(C)(C)C)B(C)C. The molecule has 0 unspecified atom stereocenters. The molecule has 0 fully saturated rings. The zero-order chi connectivity index (χ0) is 11.4. The van der Waals surface area contributed by atoms with Crippen molar-refractivity contribution in [1.82, 2.24) is 0 Å². The largest absolute Gasteiger partial charge is 0.163 e. The van der Waals surface area contributed by atoms with Gasteiger partial charge in [-0.15, -0.1) is 5.47 Å². The van der Waals surface area contributed by atoms with E-state index in [1.165, 1.54) is 12.7 Å². The van der Waals surface area contributed by atoms with Gasteiger partial charge in [0, 0.05) is 0 Å². The molecule has 0 aromatic rings. The first-order chi connectivity index (χ1) is 6.22. The Morgan fingerprint density at radius 2 is 1.57 bits per heavy atom. The van der Waals surface area contributed by atoms with Crippen molar-refractivity contribution in [1.29, 1.82) is 0 Å². The number of rotatable bonds is 4. The van der Waals surface area contributed by atoms with Crippen LogP contribution in [0.15, 0.2) is 11.5 Å². The molecule has 0 aromatic carbocycles. The van der Waals surface area contributed by atoms with E-state index in [9.17, 15) is 0 Å². The van der Waals surface area contributed by atoms with E-state index >= 15 is 0 Å². The van der Waals surface area contributed by atoms with Crippen molar-refractivity contribution in [2.75, 3.05) is 0 Å². The Labute approximate surface area is 91.7 Å². The summed E-state index contributed by atoms with van der Waals surface area (Å²) < 4.78 is 0. The van der Waals surface area contributed by atoms with Crippen LogP contribution >= 0.6 is 0 Å². The molecule has 0 saturated carbocycles. The van der Waals surface area contributed by atoms with Gasteiger partial charge in [-0.1, -0.05) is 60.5 Å². The van der Waals surface area contributed by atoms with Crippen LogP contribution in [0.1, 0.15) is 27.2 Å². The summed E-state index contributed by atoms with van der Waals surface area (Å²) >= 11 is 0. The highest BCUT2D eigenvalue weighted by Crippen LogP contribution is 2.22. The molecule has 0 radical (unpaired) electrons. The van der Waals surface area contributed by atoms with E-state index in [4.69, 9.17) is 0 Å². The average molecular weight is 192 g/mol. The Hall–Kier alpha value is -0.130. The van der Waals surface area contributed by atoms with Crippen molar-refractivity contribution in [2.24, 2.45) is 5.41 Å². The number of allylic oxidation sites excluding steroid dienone is 2. The van der Waals surface area contributed by atoms with Crippen LogP contribution in [0, 0.1) is 5.41 Å². The Morgan fingerprint density at radius 3 is 1.86 bits per heavy atom. The lowest BCUT2D eigenvalue weighted by Crippen LogP contribution is -2.13. The minimum Gasteiger partial charge on any atom is -0.106 e. The zero-order valence-corrected chi connectivity index (χ0v) is 11.1. The minimum absolute atomic E-state index is 0.330. The van der Waals surface area contributed by atoms with Crippen molar-refractivity contribution in [2.45, 2.75) is 60.8 Å². The summed E-state index contributed by atoms with van der Waals surface area (Å²) in [4.78, 5) is 0. The quantitative estimate of drug-likeness (QED) is 0.579. The van der Waals surface area contributed by atoms with Crippen LogP contribution in [0.2, 0.25) is 33.6 Å². The third-order valence-corrected chi connectivity index (χ3v) is 2.37. The molecule has 0 aliphatic heterocycles. The van der Waals surface area contributed by atoms with Crippen LogP contribution < -0.4 is 0 Å². The number of hydrogen-bond donors (Lipinski definition) is 0. The summed E-state index contributed by atoms with van der Waals surface area (Å²) in [6, 6.07) is 0. The summed E-state index contributed by atoms with van der Waals surface area (Å²) in [5, 5.41) is 0. The van der Waals surface area contributed by atoms with E-state index in [0.29, 0.717) is 12.1 Å². The van der Waals surface area contributed by atoms with Gasteiger partial charge in [-0.25, -0.2) is 0 Å². The molecule has 2 heteroatoms. The molecule has 0 aliphatic rings. The number of hydrogen-bond acceptors (Lipinski definition) is 0. The standard InChI is InChI=1S/C12H26B2/c1-12(2,3)10-11(14(6)7)8-9-13(4)5/h10H,8-9H2,1-7H3/b11-10+. The Kier molecular flexibility index (Phi) is 5.63. The van der Waals surface area contributed by atoms with Gasteiger partial charge in [0.25, 0.3) is 0 Å². The highest BCUT2D eigenvalue weighted by molar-refractivity contribution is 6.64. The van der Waals surface area contributed by atoms with Gasteiger partial charge in [0.2, 0.25) is 0 Å². The maximum atomic E-state index is 2.46. The first kappa shape index (κ1) is 13.9. The van der Waals surface area contributed by atoms with E-state index in [1.54, 1.807) is 5.47 Å². The fraction of sp³-hybridized carbons (Fsp3) is 0.833. The molecule has 0 nitrogen and oxygen atoms in total. The second-order valence-electron chi connectivity index (χ2n) is 6.17. The molecule has 0 aliphatic carbocycles. The smallest absolute Gasteiger partial charge is 0.106 e. The molecule has 80 valence electrons. The van der Waals surface area contributed by atoms with Crippen molar-refractivity contribution >= 4 is 13.4 Å². The molecule has 0 aromatic heterocycles. The average Bonchev–Trinajstić information content (AvgIpc) is 1.94. The van der Waals surface area contributed by atoms with Crippen molar-refractivity contribution in [3.05, 3.63) is 11.5 Å². The van der Waals surface area contributed by atoms with E-state index in [0.717, 1.165) is 6.71 Å². The molecular weight excluding hydrogens is 166 g/mol. The normalized spacial score (nSPS) is 12.9. The summed E-state index contributed by atoms with van der Waals surface area (Å²) in [6.07, 6.45) is 5.05. The van der Waals surface area contributed by atoms with Gasteiger partial charge in [-0.2, -0.15) is 0 Å². The molecule has 0 atom stereocenters. The predicted molar refractivity (Wildman–Crippen MR) is 71.9 cm³/mol. The minimum atomic E-state index is 0.330. The summed E-state index contributed by atoms with van der Waals surface area (Å²) in [6.45, 7) is 17.6. The lowest BCUT2D eigenvalue weighted by atomic mass is 9.43. The fourth-order valence-corrected chi connectivity index (χ4v) is 1.54. The molecule has 0 spiro atoms. The van der Waals surface area contributed by atoms with Gasteiger partial charge >= 0.3 is 0 Å². The first-order valence-corrected chi connectivity index (χ1v) is 5.94. The molecule has 0 heterocycles. The van der Waals surface area contributed by atoms with Crippen LogP contribution in [0.25, 0.3) is 0 Å². The van der Waals surface area contributed by atoms with Gasteiger partial charge in [0.15, 0.2) is 6.71 Å². The van der Waals surface area contributed by atoms with Gasteiger partial charge < -0.3 is 0 Å². The first-order valence-electron chi connectivity index (χ1n) is 5.94. The summed E-state index contributed by atoms with van der Waals surface area (Å²) in [5.74, 6) is 0. The molecule has 0 saturated heterocycles. The van der Waals surface area contributed by atoms with Crippen LogP contribution in [-0.4, -0.2) is 13.4 Å². The van der Waals surface area contributed by atoms with Crippen LogP contribution in [0.5, 0.6) is 0 Å². The van der Waals surface area contributed by atoms with Crippen molar-refractivity contribution in [3.8, 4) is 0 Å². The molecule has 0 bridgehead atoms. The van der Waals surface area contributed by atoms with Crippen molar-refractivity contribution < 1.29 is 0 Å². The summed E-state index contributed by atoms with van der Waals surface area (Å²) in [7, 11) is 0. The highest BCUT2D eigenvalue weighted by Gasteiger charge is 2.13. The second kappa shape index (κ2) is 5.68. The van der Waals surface area contributed by atoms with Gasteiger partial charge in [0.1, 0.15) is 6.71 Å². The van der Waals surface area contributed by atoms with E-state index in [-0.39, 0.29) is 0 Å². The second-order valence-corrected chi connectivity index (χ2v) is 6.17. The predicted octanol–water partition coefficient (Wildman–Crippen LogP) is 4.40. The maximum absolute atomic E-state index is 2.46. The van der Waals surface area contributed by atoms with Crippen LogP contribution in [0.4, 0.5) is 0 Å². The molecule has 0 amide bonds. The monoisotopic (exact) mass is 192 g/mol. The molecule has 0 N–H and O–H groups in total. The van der Waals surface area contributed by atoms with Gasteiger partial charge in [-0.3, -0.25) is 0 Å². The summed E-state index contributed by atoms with van der Waals surface area (Å²) in [5.41, 5.74) is 1.96. The Morgan fingerprint density at radius 1 is 1.07 bits per heavy atom.